The molecule has 6 heteroatoms. The van der Waals surface area contributed by atoms with Crippen LogP contribution in [0.15, 0.2) is 52.9 Å². The maximum atomic E-state index is 9.47. The third kappa shape index (κ3) is 4.76. The van der Waals surface area contributed by atoms with Gasteiger partial charge in [-0.2, -0.15) is 10.2 Å². The van der Waals surface area contributed by atoms with Gasteiger partial charge in [0.05, 0.1) is 6.04 Å². The number of nitrogens with one attached hydrogen (secondary N) is 1. The SMILES string of the molecule is Cc1ccc(-c2nc(C#N)c(NC[C@H](c3ccc(N(C)C)cc3)N(C)C)o2)cc1. The average Bonchev–Trinajstić information content (AvgIpc) is 3.12. The molecule has 1 atom stereocenters. The van der Waals surface area contributed by atoms with Crippen LogP contribution in [-0.4, -0.2) is 44.6 Å². The van der Waals surface area contributed by atoms with Gasteiger partial charge in [0.15, 0.2) is 0 Å². The number of hydrogen-bond donors (Lipinski definition) is 1. The van der Waals surface area contributed by atoms with Crippen molar-refractivity contribution in [3.63, 3.8) is 0 Å². The average molecular weight is 390 g/mol. The summed E-state index contributed by atoms with van der Waals surface area (Å²) in [5.41, 5.74) is 4.62. The molecule has 0 bridgehead atoms. The van der Waals surface area contributed by atoms with Crippen LogP contribution in [0.5, 0.6) is 0 Å². The molecule has 0 spiro atoms. The van der Waals surface area contributed by atoms with Crippen molar-refractivity contribution >= 4 is 11.6 Å². The molecule has 1 aromatic heterocycles. The van der Waals surface area contributed by atoms with E-state index in [0.29, 0.717) is 18.3 Å². The van der Waals surface area contributed by atoms with Crippen LogP contribution in [0.3, 0.4) is 0 Å². The van der Waals surface area contributed by atoms with Crippen LogP contribution in [0.1, 0.15) is 22.9 Å². The van der Waals surface area contributed by atoms with E-state index >= 15 is 0 Å². The first-order valence-corrected chi connectivity index (χ1v) is 9.54. The summed E-state index contributed by atoms with van der Waals surface area (Å²) < 4.78 is 5.88. The Labute approximate surface area is 172 Å². The van der Waals surface area contributed by atoms with Crippen LogP contribution >= 0.6 is 0 Å². The van der Waals surface area contributed by atoms with Gasteiger partial charge in [-0.05, 0) is 50.8 Å². The maximum absolute atomic E-state index is 9.47. The number of rotatable bonds is 7. The molecular weight excluding hydrogens is 362 g/mol. The van der Waals surface area contributed by atoms with Gasteiger partial charge in [-0.3, -0.25) is 0 Å². The second-order valence-electron chi connectivity index (χ2n) is 7.52. The van der Waals surface area contributed by atoms with E-state index in [1.54, 1.807) is 0 Å². The lowest BCUT2D eigenvalue weighted by molar-refractivity contribution is 0.310. The van der Waals surface area contributed by atoms with Crippen LogP contribution < -0.4 is 10.2 Å². The summed E-state index contributed by atoms with van der Waals surface area (Å²) in [4.78, 5) is 8.56. The summed E-state index contributed by atoms with van der Waals surface area (Å²) in [6.45, 7) is 2.62. The Morgan fingerprint density at radius 3 is 2.24 bits per heavy atom. The number of aromatic nitrogens is 1. The third-order valence-electron chi connectivity index (χ3n) is 4.91. The molecule has 0 aliphatic carbocycles. The minimum absolute atomic E-state index is 0.116. The monoisotopic (exact) mass is 389 g/mol. The molecule has 1 heterocycles. The normalized spacial score (nSPS) is 11.9. The zero-order valence-corrected chi connectivity index (χ0v) is 17.6. The van der Waals surface area contributed by atoms with Gasteiger partial charge in [0.2, 0.25) is 17.5 Å². The number of nitriles is 1. The minimum atomic E-state index is 0.116. The van der Waals surface area contributed by atoms with Crippen molar-refractivity contribution in [3.8, 4) is 17.5 Å². The smallest absolute Gasteiger partial charge is 0.232 e. The van der Waals surface area contributed by atoms with Crippen LogP contribution in [0, 0.1) is 18.3 Å². The Morgan fingerprint density at radius 2 is 1.69 bits per heavy atom. The quantitative estimate of drug-likeness (QED) is 0.650. The summed E-state index contributed by atoms with van der Waals surface area (Å²) in [5.74, 6) is 0.848. The summed E-state index contributed by atoms with van der Waals surface area (Å²) in [5, 5.41) is 12.7. The maximum Gasteiger partial charge on any atom is 0.232 e. The van der Waals surface area contributed by atoms with E-state index in [1.807, 2.05) is 59.4 Å². The van der Waals surface area contributed by atoms with Gasteiger partial charge in [0.25, 0.3) is 0 Å². The van der Waals surface area contributed by atoms with E-state index in [2.05, 4.69) is 50.4 Å². The van der Waals surface area contributed by atoms with E-state index < -0.39 is 0 Å². The highest BCUT2D eigenvalue weighted by atomic mass is 16.4. The van der Waals surface area contributed by atoms with Crippen LogP contribution in [0.2, 0.25) is 0 Å². The van der Waals surface area contributed by atoms with Gasteiger partial charge in [0.1, 0.15) is 6.07 Å². The second kappa shape index (κ2) is 8.80. The lowest BCUT2D eigenvalue weighted by atomic mass is 10.1. The summed E-state index contributed by atoms with van der Waals surface area (Å²) in [7, 11) is 8.13. The van der Waals surface area contributed by atoms with Gasteiger partial charge < -0.3 is 19.5 Å². The molecule has 0 amide bonds. The molecular formula is C23H27N5O. The molecule has 0 saturated heterocycles. The van der Waals surface area contributed by atoms with Crippen molar-refractivity contribution in [3.05, 3.63) is 65.4 Å². The molecule has 0 fully saturated rings. The molecule has 1 N–H and O–H groups in total. The van der Waals surface area contributed by atoms with E-state index in [1.165, 1.54) is 5.56 Å². The summed E-state index contributed by atoms with van der Waals surface area (Å²) in [6, 6.07) is 18.6. The van der Waals surface area contributed by atoms with E-state index in [9.17, 15) is 5.26 Å². The van der Waals surface area contributed by atoms with Gasteiger partial charge in [-0.15, -0.1) is 0 Å². The first kappa shape index (κ1) is 20.4. The summed E-state index contributed by atoms with van der Waals surface area (Å²) in [6.07, 6.45) is 0. The van der Waals surface area contributed by atoms with Crippen molar-refractivity contribution in [1.29, 1.82) is 5.26 Å². The van der Waals surface area contributed by atoms with E-state index in [0.717, 1.165) is 16.8 Å². The number of nitrogens with zero attached hydrogens (tertiary/aromatic N) is 4. The predicted molar refractivity (Wildman–Crippen MR) is 117 cm³/mol. The molecule has 0 radical (unpaired) electrons. The van der Waals surface area contributed by atoms with Crippen molar-refractivity contribution in [2.24, 2.45) is 0 Å². The van der Waals surface area contributed by atoms with Crippen molar-refractivity contribution in [1.82, 2.24) is 9.88 Å². The Morgan fingerprint density at radius 1 is 1.03 bits per heavy atom. The van der Waals surface area contributed by atoms with E-state index in [-0.39, 0.29) is 11.7 Å². The Balaban J connectivity index is 1.79. The van der Waals surface area contributed by atoms with Crippen molar-refractivity contribution in [2.45, 2.75) is 13.0 Å². The van der Waals surface area contributed by atoms with Crippen LogP contribution in [0.25, 0.3) is 11.5 Å². The Hall–Kier alpha value is -3.30. The van der Waals surface area contributed by atoms with Gasteiger partial charge >= 0.3 is 0 Å². The highest BCUT2D eigenvalue weighted by Crippen LogP contribution is 2.27. The number of likely N-dealkylation sites (N-methyl/N-ethyl adjacent to an activating group) is 1. The molecule has 6 nitrogen and oxygen atoms in total. The summed E-state index contributed by atoms with van der Waals surface area (Å²) >= 11 is 0. The zero-order valence-electron chi connectivity index (χ0n) is 17.6. The fraction of sp³-hybridized carbons (Fsp3) is 0.304. The third-order valence-corrected chi connectivity index (χ3v) is 4.91. The number of aryl methyl sites for hydroxylation is 1. The largest absolute Gasteiger partial charge is 0.419 e. The highest BCUT2D eigenvalue weighted by molar-refractivity contribution is 5.59. The standard InChI is InChI=1S/C23H27N5O/c1-16-6-8-18(9-7-16)22-26-20(14-24)23(29-22)25-15-21(28(4)5)17-10-12-19(13-11-17)27(2)3/h6-13,21,25H,15H2,1-5H3/t21-/m1/s1. The van der Waals surface area contributed by atoms with Crippen LogP contribution in [-0.2, 0) is 0 Å². The van der Waals surface area contributed by atoms with Crippen molar-refractivity contribution < 1.29 is 4.42 Å². The van der Waals surface area contributed by atoms with E-state index in [4.69, 9.17) is 4.42 Å². The molecule has 150 valence electrons. The van der Waals surface area contributed by atoms with Gasteiger partial charge in [0, 0.05) is 31.9 Å². The van der Waals surface area contributed by atoms with Crippen molar-refractivity contribution in [2.75, 3.05) is 45.0 Å². The zero-order chi connectivity index (χ0) is 21.0. The lowest BCUT2D eigenvalue weighted by Crippen LogP contribution is -2.27. The topological polar surface area (TPSA) is 68.3 Å². The molecule has 3 aromatic rings. The van der Waals surface area contributed by atoms with Gasteiger partial charge in [-0.1, -0.05) is 29.8 Å². The minimum Gasteiger partial charge on any atom is -0.419 e. The molecule has 2 aromatic carbocycles. The number of hydrogen-bond acceptors (Lipinski definition) is 6. The number of benzene rings is 2. The Bertz CT molecular complexity index is 982. The first-order valence-electron chi connectivity index (χ1n) is 9.54. The fourth-order valence-electron chi connectivity index (χ4n) is 3.12. The number of oxazole rings is 1. The van der Waals surface area contributed by atoms with Crippen LogP contribution in [0.4, 0.5) is 11.6 Å². The lowest BCUT2D eigenvalue weighted by Gasteiger charge is -2.25. The molecule has 0 aliphatic heterocycles. The molecule has 3 rings (SSSR count). The molecule has 0 unspecified atom stereocenters. The fourth-order valence-corrected chi connectivity index (χ4v) is 3.12. The predicted octanol–water partition coefficient (Wildman–Crippen LogP) is 4.30. The molecule has 0 saturated carbocycles. The second-order valence-corrected chi connectivity index (χ2v) is 7.52. The highest BCUT2D eigenvalue weighted by Gasteiger charge is 2.18. The number of anilines is 2. The Kier molecular flexibility index (Phi) is 6.20. The van der Waals surface area contributed by atoms with Gasteiger partial charge in [-0.25, -0.2) is 0 Å². The molecule has 29 heavy (non-hydrogen) atoms. The first-order chi connectivity index (χ1) is 13.9. The molecule has 0 aliphatic rings.